The molecule has 35 heavy (non-hydrogen) atoms. The van der Waals surface area contributed by atoms with E-state index in [1.165, 1.54) is 4.91 Å². The minimum absolute atomic E-state index is 0.00964. The van der Waals surface area contributed by atoms with Crippen LogP contribution in [0, 0.1) is 13.8 Å². The molecule has 0 unspecified atom stereocenters. The van der Waals surface area contributed by atoms with Crippen molar-refractivity contribution in [3.05, 3.63) is 70.3 Å². The van der Waals surface area contributed by atoms with Crippen LogP contribution in [-0.2, 0) is 0 Å². The van der Waals surface area contributed by atoms with Gasteiger partial charge in [-0.15, -0.1) is 11.8 Å². The van der Waals surface area contributed by atoms with Crippen molar-refractivity contribution < 1.29 is 4.79 Å². The molecule has 2 aromatic heterocycles. The molecule has 1 amide bonds. The first-order valence-electron chi connectivity index (χ1n) is 12.4. The number of rotatable bonds is 7. The number of amides is 1. The van der Waals surface area contributed by atoms with Crippen molar-refractivity contribution in [3.63, 3.8) is 0 Å². The Labute approximate surface area is 212 Å². The van der Waals surface area contributed by atoms with Crippen LogP contribution in [0.25, 0.3) is 27.5 Å². The van der Waals surface area contributed by atoms with Crippen LogP contribution in [0.4, 0.5) is 0 Å². The predicted octanol–water partition coefficient (Wildman–Crippen LogP) is 6.38. The van der Waals surface area contributed by atoms with E-state index in [1.54, 1.807) is 0 Å². The molecule has 1 saturated heterocycles. The highest BCUT2D eigenvalue weighted by molar-refractivity contribution is 8.03. The molecular formula is C29H36N4OS. The van der Waals surface area contributed by atoms with E-state index in [1.807, 2.05) is 37.0 Å². The number of hydrogen-bond acceptors (Lipinski definition) is 4. The predicted molar refractivity (Wildman–Crippen MR) is 151 cm³/mol. The molecule has 3 aromatic rings. The van der Waals surface area contributed by atoms with Gasteiger partial charge in [-0.05, 0) is 105 Å². The lowest BCUT2D eigenvalue weighted by Gasteiger charge is -2.29. The number of H-pyrrole nitrogens is 1. The van der Waals surface area contributed by atoms with Gasteiger partial charge in [-0.1, -0.05) is 25.7 Å². The van der Waals surface area contributed by atoms with Gasteiger partial charge in [-0.2, -0.15) is 0 Å². The topological polar surface area (TPSA) is 61.0 Å². The van der Waals surface area contributed by atoms with E-state index < -0.39 is 0 Å². The Kier molecular flexibility index (Phi) is 7.82. The molecule has 3 heterocycles. The second kappa shape index (κ2) is 10.8. The Morgan fingerprint density at radius 3 is 2.71 bits per heavy atom. The molecule has 0 radical (unpaired) electrons. The molecule has 0 saturated carbocycles. The molecular weight excluding hydrogens is 452 g/mol. The minimum Gasteiger partial charge on any atom is -0.349 e. The third kappa shape index (κ3) is 5.39. The summed E-state index contributed by atoms with van der Waals surface area (Å²) in [5.74, 6) is 0.998. The number of piperidine rings is 1. The number of carbonyl (C=O) groups is 1. The van der Waals surface area contributed by atoms with Crippen LogP contribution >= 0.6 is 11.8 Å². The van der Waals surface area contributed by atoms with Gasteiger partial charge in [-0.3, -0.25) is 4.79 Å². The van der Waals surface area contributed by atoms with Crippen molar-refractivity contribution in [1.29, 1.82) is 0 Å². The fourth-order valence-corrected chi connectivity index (χ4v) is 5.57. The van der Waals surface area contributed by atoms with Crippen LogP contribution < -0.4 is 5.32 Å². The number of aromatic nitrogens is 2. The summed E-state index contributed by atoms with van der Waals surface area (Å²) in [6.45, 7) is 14.4. The number of fused-ring (bicyclic) bond motifs is 3. The van der Waals surface area contributed by atoms with Crippen LogP contribution in [-0.4, -0.2) is 52.7 Å². The van der Waals surface area contributed by atoms with E-state index in [0.29, 0.717) is 5.56 Å². The normalized spacial score (nSPS) is 16.3. The molecule has 2 N–H and O–H groups in total. The van der Waals surface area contributed by atoms with Crippen molar-refractivity contribution in [2.24, 2.45) is 0 Å². The largest absolute Gasteiger partial charge is 0.349 e. The van der Waals surface area contributed by atoms with Gasteiger partial charge in [0, 0.05) is 28.6 Å². The van der Waals surface area contributed by atoms with E-state index in [9.17, 15) is 4.79 Å². The molecule has 4 rings (SSSR count). The smallest absolute Gasteiger partial charge is 0.251 e. The molecule has 1 aliphatic rings. The van der Waals surface area contributed by atoms with Crippen molar-refractivity contribution in [2.45, 2.75) is 46.6 Å². The standard InChI is InChI=1S/C29H36N4OS/c1-7-9-21(15-19(4)35-8-2)24-16-23(29(34)31-22-10-12-33(6)13-11-22)20(5)27-26(24)25-14-18(3)17-30-28(25)32-27/h7,9,14-17,22H,1,8,10-13H2,2-6H3,(H,30,32)(H,31,34)/b19-15+,21-9+. The SMILES string of the molecule is C=C/C=C(\C=C(/C)SCC)c1cc(C(=O)NC2CCN(C)CC2)c(C)c2[nH]c3ncc(C)cc3c12. The van der Waals surface area contributed by atoms with Gasteiger partial charge in [0.05, 0.1) is 5.52 Å². The average molecular weight is 489 g/mol. The summed E-state index contributed by atoms with van der Waals surface area (Å²) in [7, 11) is 2.13. The minimum atomic E-state index is -0.00964. The monoisotopic (exact) mass is 488 g/mol. The van der Waals surface area contributed by atoms with Gasteiger partial charge >= 0.3 is 0 Å². The average Bonchev–Trinajstić information content (AvgIpc) is 3.20. The van der Waals surface area contributed by atoms with Crippen LogP contribution in [0.5, 0.6) is 0 Å². The number of aromatic amines is 1. The highest BCUT2D eigenvalue weighted by atomic mass is 32.2. The third-order valence-corrected chi connectivity index (χ3v) is 7.62. The maximum absolute atomic E-state index is 13.6. The number of thioether (sulfide) groups is 1. The lowest BCUT2D eigenvalue weighted by Crippen LogP contribution is -2.43. The van der Waals surface area contributed by atoms with Crippen molar-refractivity contribution in [2.75, 3.05) is 25.9 Å². The second-order valence-corrected chi connectivity index (χ2v) is 11.0. The van der Waals surface area contributed by atoms with Crippen molar-refractivity contribution in [1.82, 2.24) is 20.2 Å². The fraction of sp³-hybridized carbons (Fsp3) is 0.379. The zero-order valence-corrected chi connectivity index (χ0v) is 22.3. The van der Waals surface area contributed by atoms with Crippen LogP contribution in [0.1, 0.15) is 53.7 Å². The van der Waals surface area contributed by atoms with Gasteiger partial charge in [0.15, 0.2) is 0 Å². The first kappa shape index (κ1) is 25.3. The van der Waals surface area contributed by atoms with Crippen molar-refractivity contribution in [3.8, 4) is 0 Å². The van der Waals surface area contributed by atoms with Gasteiger partial charge in [0.2, 0.25) is 0 Å². The lowest BCUT2D eigenvalue weighted by atomic mass is 9.92. The summed E-state index contributed by atoms with van der Waals surface area (Å²) in [5.41, 5.74) is 6.63. The first-order chi connectivity index (χ1) is 16.8. The first-order valence-corrected chi connectivity index (χ1v) is 13.4. The summed E-state index contributed by atoms with van der Waals surface area (Å²) in [4.78, 5) is 25.3. The van der Waals surface area contributed by atoms with Gasteiger partial charge in [0.1, 0.15) is 5.65 Å². The van der Waals surface area contributed by atoms with Gasteiger partial charge in [-0.25, -0.2) is 4.98 Å². The highest BCUT2D eigenvalue weighted by Gasteiger charge is 2.23. The molecule has 0 atom stereocenters. The quantitative estimate of drug-likeness (QED) is 0.379. The molecule has 0 spiro atoms. The molecule has 6 heteroatoms. The Hall–Kier alpha value is -2.83. The summed E-state index contributed by atoms with van der Waals surface area (Å²) >= 11 is 1.81. The summed E-state index contributed by atoms with van der Waals surface area (Å²) in [6, 6.07) is 4.44. The summed E-state index contributed by atoms with van der Waals surface area (Å²) < 4.78 is 0. The number of likely N-dealkylation sites (tertiary alicyclic amines) is 1. The van der Waals surface area contributed by atoms with Crippen LogP contribution in [0.15, 0.2) is 48.0 Å². The molecule has 1 aromatic carbocycles. The van der Waals surface area contributed by atoms with Crippen LogP contribution in [0.2, 0.25) is 0 Å². The number of benzene rings is 1. The lowest BCUT2D eigenvalue weighted by molar-refractivity contribution is 0.0916. The number of pyridine rings is 1. The van der Waals surface area contributed by atoms with Gasteiger partial charge in [0.25, 0.3) is 5.91 Å². The Bertz CT molecular complexity index is 1330. The Morgan fingerprint density at radius 1 is 1.29 bits per heavy atom. The number of hydrogen-bond donors (Lipinski definition) is 2. The van der Waals surface area contributed by atoms with E-state index in [4.69, 9.17) is 0 Å². The number of nitrogens with one attached hydrogen (secondary N) is 2. The van der Waals surface area contributed by atoms with E-state index >= 15 is 0 Å². The third-order valence-electron chi connectivity index (χ3n) is 6.76. The van der Waals surface area contributed by atoms with Crippen molar-refractivity contribution >= 4 is 45.2 Å². The second-order valence-electron chi connectivity index (χ2n) is 9.48. The molecule has 5 nitrogen and oxygen atoms in total. The van der Waals surface area contributed by atoms with Crippen LogP contribution in [0.3, 0.4) is 0 Å². The molecule has 1 aliphatic heterocycles. The Morgan fingerprint density at radius 2 is 2.03 bits per heavy atom. The molecule has 0 bridgehead atoms. The van der Waals surface area contributed by atoms with E-state index in [0.717, 1.165) is 75.9 Å². The number of allylic oxidation sites excluding steroid dienone is 5. The summed E-state index contributed by atoms with van der Waals surface area (Å²) in [5, 5.41) is 5.48. The molecule has 184 valence electrons. The summed E-state index contributed by atoms with van der Waals surface area (Å²) in [6.07, 6.45) is 9.87. The zero-order chi connectivity index (χ0) is 25.1. The zero-order valence-electron chi connectivity index (χ0n) is 21.5. The highest BCUT2D eigenvalue weighted by Crippen LogP contribution is 2.37. The number of nitrogens with zero attached hydrogens (tertiary/aromatic N) is 2. The van der Waals surface area contributed by atoms with E-state index in [2.05, 4.69) is 72.8 Å². The Balaban J connectivity index is 1.91. The fourth-order valence-electron chi connectivity index (χ4n) is 4.91. The number of carbonyl (C=O) groups excluding carboxylic acids is 1. The molecule has 0 aliphatic carbocycles. The van der Waals surface area contributed by atoms with Gasteiger partial charge < -0.3 is 15.2 Å². The maximum atomic E-state index is 13.6. The molecule has 1 fully saturated rings. The van der Waals surface area contributed by atoms with E-state index in [-0.39, 0.29) is 11.9 Å². The number of aryl methyl sites for hydroxylation is 2. The maximum Gasteiger partial charge on any atom is 0.251 e.